The zero-order valence-electron chi connectivity index (χ0n) is 19.3. The first-order valence-electron chi connectivity index (χ1n) is 11.1. The molecule has 1 aliphatic heterocycles. The number of nitrogens with one attached hydrogen (secondary N) is 1. The second-order valence-electron chi connectivity index (χ2n) is 8.20. The number of hydrogen-bond acceptors (Lipinski definition) is 4. The molecule has 7 nitrogen and oxygen atoms in total. The van der Waals surface area contributed by atoms with Crippen LogP contribution < -0.4 is 10.1 Å². The summed E-state index contributed by atoms with van der Waals surface area (Å²) in [4.78, 5) is 27.5. The molecule has 3 aliphatic rings. The smallest absolute Gasteiger partial charge is 0.224 e. The van der Waals surface area contributed by atoms with Crippen molar-refractivity contribution < 1.29 is 9.53 Å². The summed E-state index contributed by atoms with van der Waals surface area (Å²) >= 11 is 0. The summed E-state index contributed by atoms with van der Waals surface area (Å²) in [5.74, 6) is 1.54. The quantitative estimate of drug-likeness (QED) is 0.505. The lowest BCUT2D eigenvalue weighted by molar-refractivity contribution is -0.120. The Morgan fingerprint density at radius 1 is 1.30 bits per heavy atom. The second-order valence-corrected chi connectivity index (χ2v) is 8.20. The highest BCUT2D eigenvalue weighted by Gasteiger charge is 2.26. The van der Waals surface area contributed by atoms with Crippen molar-refractivity contribution in [1.29, 1.82) is 0 Å². The second kappa shape index (κ2) is 10.3. The molecule has 0 aromatic heterocycles. The van der Waals surface area contributed by atoms with Crippen molar-refractivity contribution in [2.75, 3.05) is 14.2 Å². The number of rotatable bonds is 7. The number of carbonyl (C=O) groups excluding carboxylic acids is 1. The van der Waals surface area contributed by atoms with E-state index in [2.05, 4.69) is 45.4 Å². The number of aliphatic imine (C=N–C) groups is 3. The maximum absolute atomic E-state index is 12.3. The number of hydrogen-bond donors (Lipinski definition) is 1. The van der Waals surface area contributed by atoms with E-state index in [1.807, 2.05) is 35.2 Å². The van der Waals surface area contributed by atoms with E-state index in [4.69, 9.17) is 4.74 Å². The van der Waals surface area contributed by atoms with Gasteiger partial charge in [0.2, 0.25) is 5.91 Å². The minimum atomic E-state index is 0.0952. The lowest BCUT2D eigenvalue weighted by Gasteiger charge is -2.20. The first-order valence-corrected chi connectivity index (χ1v) is 11.1. The van der Waals surface area contributed by atoms with Crippen LogP contribution in [0.1, 0.15) is 38.2 Å². The summed E-state index contributed by atoms with van der Waals surface area (Å²) in [6.07, 6.45) is 14.8. The molecule has 1 saturated carbocycles. The van der Waals surface area contributed by atoms with Crippen molar-refractivity contribution in [3.8, 4) is 5.75 Å². The summed E-state index contributed by atoms with van der Waals surface area (Å²) in [5.41, 5.74) is 4.77. The number of ether oxygens (including phenoxy) is 1. The van der Waals surface area contributed by atoms with Gasteiger partial charge in [-0.05, 0) is 43.9 Å². The van der Waals surface area contributed by atoms with Gasteiger partial charge in [-0.2, -0.15) is 0 Å². The maximum atomic E-state index is 12.3. The number of benzene rings is 1. The Labute approximate surface area is 194 Å². The van der Waals surface area contributed by atoms with E-state index >= 15 is 0 Å². The van der Waals surface area contributed by atoms with Gasteiger partial charge in [-0.25, -0.2) is 9.98 Å². The summed E-state index contributed by atoms with van der Waals surface area (Å²) in [6.45, 7) is 2.05. The van der Waals surface area contributed by atoms with Crippen molar-refractivity contribution in [3.05, 3.63) is 70.6 Å². The number of carbonyl (C=O) groups is 1. The number of amidine groups is 1. The zero-order valence-corrected chi connectivity index (χ0v) is 19.3. The number of allylic oxidation sites excluding steroid dienone is 4. The first kappa shape index (κ1) is 22.5. The van der Waals surface area contributed by atoms with E-state index in [-0.39, 0.29) is 5.91 Å². The van der Waals surface area contributed by atoms with Gasteiger partial charge in [-0.3, -0.25) is 14.7 Å². The van der Waals surface area contributed by atoms with Gasteiger partial charge in [-0.1, -0.05) is 42.0 Å². The standard InChI is InChI=1S/C26H29N5O2/c1-18-8-9-19(14-25(32)30-21-11-12-21)10-13-23(18)31-17-29-22(26(31)28-16-27-2)15-20-6-4-5-7-24(20)33-3/h4-9,13,15-17,21H,10-12,14H2,1-3H3,(H,30,32)/b22-15-,27-16?,28-26?. The van der Waals surface area contributed by atoms with E-state index < -0.39 is 0 Å². The van der Waals surface area contributed by atoms with Crippen LogP contribution >= 0.6 is 0 Å². The molecule has 1 fully saturated rings. The Kier molecular flexibility index (Phi) is 6.98. The fourth-order valence-electron chi connectivity index (χ4n) is 3.72. The van der Waals surface area contributed by atoms with Crippen LogP contribution in [-0.4, -0.2) is 49.5 Å². The molecular formula is C26H29N5O2. The number of methoxy groups -OCH3 is 1. The summed E-state index contributed by atoms with van der Waals surface area (Å²) in [7, 11) is 3.34. The van der Waals surface area contributed by atoms with Gasteiger partial charge in [0.1, 0.15) is 24.1 Å². The highest BCUT2D eigenvalue weighted by molar-refractivity contribution is 6.15. The molecule has 0 bridgehead atoms. The van der Waals surface area contributed by atoms with Crippen molar-refractivity contribution in [3.63, 3.8) is 0 Å². The fraction of sp³-hybridized carbons (Fsp3) is 0.308. The fourth-order valence-corrected chi connectivity index (χ4v) is 3.72. The molecule has 4 rings (SSSR count). The molecule has 0 atom stereocenters. The van der Waals surface area contributed by atoms with Crippen LogP contribution in [0.3, 0.4) is 0 Å². The third kappa shape index (κ3) is 5.55. The Morgan fingerprint density at radius 3 is 2.88 bits per heavy atom. The van der Waals surface area contributed by atoms with Crippen LogP contribution in [0, 0.1) is 0 Å². The topological polar surface area (TPSA) is 78.7 Å². The normalized spacial score (nSPS) is 20.7. The third-order valence-electron chi connectivity index (χ3n) is 5.62. The van der Waals surface area contributed by atoms with Crippen LogP contribution in [0.15, 0.2) is 80.0 Å². The molecule has 2 aliphatic carbocycles. The molecule has 170 valence electrons. The van der Waals surface area contributed by atoms with Crippen LogP contribution in [0.5, 0.6) is 5.75 Å². The highest BCUT2D eigenvalue weighted by Crippen LogP contribution is 2.29. The van der Waals surface area contributed by atoms with E-state index in [9.17, 15) is 4.79 Å². The molecular weight excluding hydrogens is 414 g/mol. The first-order chi connectivity index (χ1) is 16.1. The van der Waals surface area contributed by atoms with Crippen molar-refractivity contribution in [1.82, 2.24) is 10.2 Å². The van der Waals surface area contributed by atoms with Crippen LogP contribution in [0.25, 0.3) is 6.08 Å². The summed E-state index contributed by atoms with van der Waals surface area (Å²) in [6, 6.07) is 8.17. The lowest BCUT2D eigenvalue weighted by atomic mass is 10.1. The van der Waals surface area contributed by atoms with Crippen molar-refractivity contribution >= 4 is 30.5 Å². The molecule has 7 heteroatoms. The summed E-state index contributed by atoms with van der Waals surface area (Å²) in [5, 5.41) is 3.06. The minimum absolute atomic E-state index is 0.0952. The van der Waals surface area contributed by atoms with Crippen LogP contribution in [-0.2, 0) is 4.79 Å². The molecule has 0 radical (unpaired) electrons. The Bertz CT molecular complexity index is 1130. The average Bonchev–Trinajstić information content (AvgIpc) is 3.57. The van der Waals surface area contributed by atoms with Crippen molar-refractivity contribution in [2.24, 2.45) is 15.0 Å². The van der Waals surface area contributed by atoms with Crippen LogP contribution in [0.4, 0.5) is 0 Å². The van der Waals surface area contributed by atoms with Gasteiger partial charge < -0.3 is 10.1 Å². The predicted molar refractivity (Wildman–Crippen MR) is 133 cm³/mol. The maximum Gasteiger partial charge on any atom is 0.224 e. The van der Waals surface area contributed by atoms with E-state index in [0.29, 0.717) is 30.4 Å². The number of amides is 1. The van der Waals surface area contributed by atoms with E-state index in [0.717, 1.165) is 41.0 Å². The van der Waals surface area contributed by atoms with Gasteiger partial charge in [-0.15, -0.1) is 0 Å². The SMILES string of the molecule is CN=CN=C1/C(=C/c2ccccc2OC)N=CN1C1=CCC(CC(=O)NC2CC2)=CC=C1C. The summed E-state index contributed by atoms with van der Waals surface area (Å²) < 4.78 is 5.48. The van der Waals surface area contributed by atoms with Gasteiger partial charge in [0.15, 0.2) is 5.84 Å². The zero-order chi connectivity index (χ0) is 23.2. The molecule has 1 aromatic rings. The average molecular weight is 444 g/mol. The van der Waals surface area contributed by atoms with E-state index in [1.165, 1.54) is 6.34 Å². The number of para-hydroxylation sites is 1. The van der Waals surface area contributed by atoms with E-state index in [1.54, 1.807) is 20.5 Å². The molecule has 1 heterocycles. The molecule has 0 spiro atoms. The minimum Gasteiger partial charge on any atom is -0.496 e. The van der Waals surface area contributed by atoms with Gasteiger partial charge in [0, 0.05) is 30.8 Å². The molecule has 0 saturated heterocycles. The monoisotopic (exact) mass is 443 g/mol. The lowest BCUT2D eigenvalue weighted by Crippen LogP contribution is -2.26. The predicted octanol–water partition coefficient (Wildman–Crippen LogP) is 4.27. The third-order valence-corrected chi connectivity index (χ3v) is 5.62. The Hall–Kier alpha value is -3.74. The van der Waals surface area contributed by atoms with Crippen molar-refractivity contribution in [2.45, 2.75) is 38.6 Å². The molecule has 33 heavy (non-hydrogen) atoms. The van der Waals surface area contributed by atoms with Gasteiger partial charge >= 0.3 is 0 Å². The molecule has 1 amide bonds. The Morgan fingerprint density at radius 2 is 2.12 bits per heavy atom. The number of nitrogens with zero attached hydrogens (tertiary/aromatic N) is 4. The van der Waals surface area contributed by atoms with Gasteiger partial charge in [0.05, 0.1) is 7.11 Å². The molecule has 1 aromatic carbocycles. The molecule has 1 N–H and O–H groups in total. The Balaban J connectivity index is 1.58. The van der Waals surface area contributed by atoms with Gasteiger partial charge in [0.25, 0.3) is 0 Å². The highest BCUT2D eigenvalue weighted by atomic mass is 16.5. The largest absolute Gasteiger partial charge is 0.496 e. The van der Waals surface area contributed by atoms with Crippen LogP contribution in [0.2, 0.25) is 0 Å². The molecule has 0 unspecified atom stereocenters.